The van der Waals surface area contributed by atoms with Crippen LogP contribution in [0.4, 0.5) is 13.2 Å². The van der Waals surface area contributed by atoms with Crippen LogP contribution in [0.15, 0.2) is 12.2 Å². The van der Waals surface area contributed by atoms with E-state index in [0.29, 0.717) is 5.92 Å². The maximum absolute atomic E-state index is 11.8. The third kappa shape index (κ3) is 2.57. The number of allylic oxidation sites excluding steroid dienone is 2. The Morgan fingerprint density at radius 1 is 1.31 bits per heavy atom. The molecular weight excluding hydrogens is 221 g/mol. The SMILES string of the molecule is O=C(OCCC(F)(F)F)C1CC2C=CC1C2. The van der Waals surface area contributed by atoms with E-state index in [2.05, 4.69) is 10.8 Å². The quantitative estimate of drug-likeness (QED) is 0.554. The number of esters is 1. The molecule has 0 spiro atoms. The number of hydrogen-bond donors (Lipinski definition) is 0. The molecule has 0 amide bonds. The lowest BCUT2D eigenvalue weighted by molar-refractivity contribution is -0.162. The molecule has 5 heteroatoms. The topological polar surface area (TPSA) is 26.3 Å². The van der Waals surface area contributed by atoms with Gasteiger partial charge in [-0.2, -0.15) is 13.2 Å². The minimum absolute atomic E-state index is 0.184. The van der Waals surface area contributed by atoms with Crippen molar-refractivity contribution in [3.63, 3.8) is 0 Å². The Morgan fingerprint density at radius 2 is 2.06 bits per heavy atom. The van der Waals surface area contributed by atoms with Crippen molar-refractivity contribution in [3.05, 3.63) is 12.2 Å². The average Bonchev–Trinajstić information content (AvgIpc) is 2.76. The molecule has 2 bridgehead atoms. The molecular formula is C11H13F3O2. The zero-order valence-electron chi connectivity index (χ0n) is 8.67. The lowest BCUT2D eigenvalue weighted by atomic mass is 9.94. The third-order valence-corrected chi connectivity index (χ3v) is 3.21. The maximum Gasteiger partial charge on any atom is 0.392 e. The molecule has 2 aliphatic rings. The molecule has 2 aliphatic carbocycles. The highest BCUT2D eigenvalue weighted by Gasteiger charge is 2.41. The molecule has 0 heterocycles. The van der Waals surface area contributed by atoms with Crippen LogP contribution in [-0.4, -0.2) is 18.8 Å². The molecule has 1 fully saturated rings. The van der Waals surface area contributed by atoms with Crippen molar-refractivity contribution in [3.8, 4) is 0 Å². The number of carbonyl (C=O) groups is 1. The molecule has 0 saturated heterocycles. The Hall–Kier alpha value is -1.00. The van der Waals surface area contributed by atoms with Crippen LogP contribution in [0, 0.1) is 17.8 Å². The molecule has 2 nitrogen and oxygen atoms in total. The van der Waals surface area contributed by atoms with Gasteiger partial charge in [-0.15, -0.1) is 0 Å². The van der Waals surface area contributed by atoms with Crippen LogP contribution in [0.25, 0.3) is 0 Å². The number of hydrogen-bond acceptors (Lipinski definition) is 2. The number of ether oxygens (including phenoxy) is 1. The van der Waals surface area contributed by atoms with Gasteiger partial charge in [0.25, 0.3) is 0 Å². The molecule has 1 saturated carbocycles. The summed E-state index contributed by atoms with van der Waals surface area (Å²) in [6.07, 6.45) is 0.406. The summed E-state index contributed by atoms with van der Waals surface area (Å²) in [6.45, 7) is -0.556. The predicted molar refractivity (Wildman–Crippen MR) is 50.5 cm³/mol. The second kappa shape index (κ2) is 4.11. The zero-order valence-corrected chi connectivity index (χ0v) is 8.67. The van der Waals surface area contributed by atoms with Crippen LogP contribution >= 0.6 is 0 Å². The van der Waals surface area contributed by atoms with Crippen molar-refractivity contribution >= 4 is 5.97 Å². The van der Waals surface area contributed by atoms with Crippen LogP contribution in [0.1, 0.15) is 19.3 Å². The number of fused-ring (bicyclic) bond motifs is 2. The number of carbonyl (C=O) groups excluding carboxylic acids is 1. The summed E-state index contributed by atoms with van der Waals surface area (Å²) in [5.41, 5.74) is 0. The molecule has 0 radical (unpaired) electrons. The Kier molecular flexibility index (Phi) is 2.95. The minimum Gasteiger partial charge on any atom is -0.465 e. The summed E-state index contributed by atoms with van der Waals surface area (Å²) in [6, 6.07) is 0. The second-order valence-corrected chi connectivity index (χ2v) is 4.42. The summed E-state index contributed by atoms with van der Waals surface area (Å²) >= 11 is 0. The van der Waals surface area contributed by atoms with Crippen LogP contribution in [0.2, 0.25) is 0 Å². The highest BCUT2D eigenvalue weighted by atomic mass is 19.4. The molecule has 90 valence electrons. The van der Waals surface area contributed by atoms with E-state index in [1.165, 1.54) is 0 Å². The summed E-state index contributed by atoms with van der Waals surface area (Å²) in [4.78, 5) is 11.5. The van der Waals surface area contributed by atoms with Gasteiger partial charge in [0.15, 0.2) is 0 Å². The van der Waals surface area contributed by atoms with Crippen molar-refractivity contribution in [1.29, 1.82) is 0 Å². The highest BCUT2D eigenvalue weighted by molar-refractivity contribution is 5.74. The van der Waals surface area contributed by atoms with Gasteiger partial charge in [0.2, 0.25) is 0 Å². The lowest BCUT2D eigenvalue weighted by Crippen LogP contribution is -2.23. The molecule has 3 atom stereocenters. The molecule has 2 rings (SSSR count). The van der Waals surface area contributed by atoms with E-state index in [9.17, 15) is 18.0 Å². The van der Waals surface area contributed by atoms with E-state index < -0.39 is 25.2 Å². The van der Waals surface area contributed by atoms with Gasteiger partial charge in [-0.05, 0) is 24.7 Å². The first-order valence-electron chi connectivity index (χ1n) is 5.37. The van der Waals surface area contributed by atoms with Crippen LogP contribution in [0.3, 0.4) is 0 Å². The Balaban J connectivity index is 1.75. The van der Waals surface area contributed by atoms with Crippen LogP contribution in [0.5, 0.6) is 0 Å². The monoisotopic (exact) mass is 234 g/mol. The van der Waals surface area contributed by atoms with Gasteiger partial charge in [0.1, 0.15) is 0 Å². The van der Waals surface area contributed by atoms with Gasteiger partial charge in [-0.1, -0.05) is 12.2 Å². The lowest BCUT2D eigenvalue weighted by Gasteiger charge is -2.16. The van der Waals surface area contributed by atoms with Crippen molar-refractivity contribution in [2.75, 3.05) is 6.61 Å². The fourth-order valence-corrected chi connectivity index (χ4v) is 2.43. The normalized spacial score (nSPS) is 32.1. The van der Waals surface area contributed by atoms with Crippen LogP contribution < -0.4 is 0 Å². The van der Waals surface area contributed by atoms with Gasteiger partial charge in [0.05, 0.1) is 18.9 Å². The maximum atomic E-state index is 11.8. The first-order valence-corrected chi connectivity index (χ1v) is 5.37. The smallest absolute Gasteiger partial charge is 0.392 e. The van der Waals surface area contributed by atoms with Gasteiger partial charge < -0.3 is 4.74 Å². The summed E-state index contributed by atoms with van der Waals surface area (Å²) in [5.74, 6) is -0.0853. The summed E-state index contributed by atoms with van der Waals surface area (Å²) in [5, 5.41) is 0. The number of halogens is 3. The number of rotatable bonds is 3. The molecule has 16 heavy (non-hydrogen) atoms. The molecule has 0 aromatic rings. The van der Waals surface area contributed by atoms with E-state index in [4.69, 9.17) is 0 Å². The van der Waals surface area contributed by atoms with E-state index in [1.807, 2.05) is 6.08 Å². The van der Waals surface area contributed by atoms with Crippen molar-refractivity contribution in [2.45, 2.75) is 25.4 Å². The Bertz CT molecular complexity index is 309. The number of alkyl halides is 3. The average molecular weight is 234 g/mol. The van der Waals surface area contributed by atoms with E-state index in [1.54, 1.807) is 0 Å². The molecule has 0 aliphatic heterocycles. The Morgan fingerprint density at radius 3 is 2.56 bits per heavy atom. The van der Waals surface area contributed by atoms with Gasteiger partial charge >= 0.3 is 12.1 Å². The highest BCUT2D eigenvalue weighted by Crippen LogP contribution is 2.43. The standard InChI is InChI=1S/C11H13F3O2/c12-11(13,14)3-4-16-10(15)9-6-7-1-2-8(9)5-7/h1-2,7-9H,3-6H2. The fourth-order valence-electron chi connectivity index (χ4n) is 2.43. The first-order chi connectivity index (χ1) is 7.46. The van der Waals surface area contributed by atoms with E-state index >= 15 is 0 Å². The molecule has 0 aromatic heterocycles. The van der Waals surface area contributed by atoms with Gasteiger partial charge in [0, 0.05) is 0 Å². The zero-order chi connectivity index (χ0) is 11.8. The Labute approximate surface area is 91.5 Å². The summed E-state index contributed by atoms with van der Waals surface area (Å²) < 4.78 is 40.2. The predicted octanol–water partition coefficient (Wildman–Crippen LogP) is 2.69. The van der Waals surface area contributed by atoms with Gasteiger partial charge in [-0.25, -0.2) is 0 Å². The summed E-state index contributed by atoms with van der Waals surface area (Å²) in [7, 11) is 0. The van der Waals surface area contributed by atoms with E-state index in [-0.39, 0.29) is 11.8 Å². The van der Waals surface area contributed by atoms with Crippen molar-refractivity contribution < 1.29 is 22.7 Å². The first kappa shape index (κ1) is 11.5. The fraction of sp³-hybridized carbons (Fsp3) is 0.727. The van der Waals surface area contributed by atoms with Crippen molar-refractivity contribution in [1.82, 2.24) is 0 Å². The molecule has 0 N–H and O–H groups in total. The van der Waals surface area contributed by atoms with Crippen molar-refractivity contribution in [2.24, 2.45) is 17.8 Å². The van der Waals surface area contributed by atoms with Crippen LogP contribution in [-0.2, 0) is 9.53 Å². The second-order valence-electron chi connectivity index (χ2n) is 4.42. The third-order valence-electron chi connectivity index (χ3n) is 3.21. The largest absolute Gasteiger partial charge is 0.465 e. The van der Waals surface area contributed by atoms with Gasteiger partial charge in [-0.3, -0.25) is 4.79 Å². The van der Waals surface area contributed by atoms with E-state index in [0.717, 1.165) is 12.8 Å². The molecule has 3 unspecified atom stereocenters. The molecule has 0 aromatic carbocycles. The minimum atomic E-state index is -4.26.